The topological polar surface area (TPSA) is 57.9 Å². The van der Waals surface area contributed by atoms with Gasteiger partial charge in [-0.1, -0.05) is 0 Å². The monoisotopic (exact) mass is 390 g/mol. The summed E-state index contributed by atoms with van der Waals surface area (Å²) in [7, 11) is 0. The average molecular weight is 390 g/mol. The van der Waals surface area contributed by atoms with Crippen LogP contribution in [0, 0.1) is 11.6 Å². The summed E-state index contributed by atoms with van der Waals surface area (Å²) in [5.41, 5.74) is 0.589. The van der Waals surface area contributed by atoms with E-state index in [2.05, 4.69) is 9.88 Å². The molecule has 0 unspecified atom stereocenters. The van der Waals surface area contributed by atoms with Crippen molar-refractivity contribution in [3.63, 3.8) is 0 Å². The van der Waals surface area contributed by atoms with Gasteiger partial charge in [0.15, 0.2) is 4.96 Å². The van der Waals surface area contributed by atoms with Crippen molar-refractivity contribution in [2.24, 2.45) is 0 Å². The largest absolute Gasteiger partial charge is 0.336 e. The summed E-state index contributed by atoms with van der Waals surface area (Å²) in [6.45, 7) is 2.58. The number of halogens is 2. The van der Waals surface area contributed by atoms with Crippen LogP contribution in [-0.2, 0) is 6.54 Å². The Morgan fingerprint density at radius 2 is 1.78 bits per heavy atom. The number of fused-ring (bicyclic) bond motifs is 1. The van der Waals surface area contributed by atoms with Crippen molar-refractivity contribution in [2.45, 2.75) is 6.54 Å². The number of carbonyl (C=O) groups is 1. The molecular formula is C18H16F2N4O2S. The Labute approximate surface area is 157 Å². The summed E-state index contributed by atoms with van der Waals surface area (Å²) >= 11 is 1.40. The van der Waals surface area contributed by atoms with Gasteiger partial charge in [-0.3, -0.25) is 18.9 Å². The Hall–Kier alpha value is -2.65. The Balaban J connectivity index is 1.41. The number of benzene rings is 1. The van der Waals surface area contributed by atoms with Crippen molar-refractivity contribution in [1.29, 1.82) is 0 Å². The molecule has 1 amide bonds. The first-order chi connectivity index (χ1) is 13.0. The van der Waals surface area contributed by atoms with Crippen molar-refractivity contribution < 1.29 is 13.6 Å². The molecule has 4 rings (SSSR count). The number of thiazole rings is 1. The van der Waals surface area contributed by atoms with Crippen LogP contribution in [0.5, 0.6) is 0 Å². The van der Waals surface area contributed by atoms with Crippen LogP contribution in [0.4, 0.5) is 8.78 Å². The predicted molar refractivity (Wildman–Crippen MR) is 96.9 cm³/mol. The highest BCUT2D eigenvalue weighted by molar-refractivity contribution is 7.15. The van der Waals surface area contributed by atoms with Gasteiger partial charge < -0.3 is 4.90 Å². The van der Waals surface area contributed by atoms with Crippen molar-refractivity contribution >= 4 is 22.2 Å². The SMILES string of the molecule is O=C(c1cc(F)cc(F)c1)N1CCN(Cc2cc(=O)n3ccsc3n2)CC1. The molecule has 1 aliphatic heterocycles. The highest BCUT2D eigenvalue weighted by Crippen LogP contribution is 2.14. The van der Waals surface area contributed by atoms with Crippen LogP contribution in [0.15, 0.2) is 40.6 Å². The third kappa shape index (κ3) is 3.74. The van der Waals surface area contributed by atoms with E-state index in [-0.39, 0.29) is 17.0 Å². The normalized spacial score (nSPS) is 15.4. The Bertz CT molecular complexity index is 1040. The third-order valence-electron chi connectivity index (χ3n) is 4.51. The second kappa shape index (κ2) is 7.16. The molecule has 1 aromatic carbocycles. The molecule has 2 aromatic heterocycles. The molecule has 0 aliphatic carbocycles. The zero-order chi connectivity index (χ0) is 19.0. The fourth-order valence-corrected chi connectivity index (χ4v) is 3.91. The second-order valence-corrected chi connectivity index (χ2v) is 7.24. The van der Waals surface area contributed by atoms with Gasteiger partial charge in [0.25, 0.3) is 11.5 Å². The standard InChI is InChI=1S/C18H16F2N4O2S/c19-13-7-12(8-14(20)9-13)17(26)23-3-1-22(2-4-23)11-15-10-16(25)24-5-6-27-18(24)21-15/h5-10H,1-4,11H2. The molecule has 1 saturated heterocycles. The molecule has 1 aliphatic rings. The number of nitrogens with zero attached hydrogens (tertiary/aromatic N) is 4. The number of hydrogen-bond acceptors (Lipinski definition) is 5. The van der Waals surface area contributed by atoms with Crippen molar-refractivity contribution in [2.75, 3.05) is 26.2 Å². The van der Waals surface area contributed by atoms with E-state index in [1.54, 1.807) is 11.1 Å². The minimum absolute atomic E-state index is 0.0128. The molecule has 0 bridgehead atoms. The summed E-state index contributed by atoms with van der Waals surface area (Å²) in [4.78, 5) is 33.3. The van der Waals surface area contributed by atoms with Crippen LogP contribution in [0.25, 0.3) is 4.96 Å². The smallest absolute Gasteiger partial charge is 0.258 e. The first kappa shape index (κ1) is 17.7. The Morgan fingerprint density at radius 1 is 1.07 bits per heavy atom. The minimum Gasteiger partial charge on any atom is -0.336 e. The van der Waals surface area contributed by atoms with Gasteiger partial charge in [-0.05, 0) is 12.1 Å². The zero-order valence-electron chi connectivity index (χ0n) is 14.3. The molecule has 140 valence electrons. The van der Waals surface area contributed by atoms with Crippen LogP contribution in [0.1, 0.15) is 16.1 Å². The molecule has 6 nitrogen and oxygen atoms in total. The number of aromatic nitrogens is 2. The summed E-state index contributed by atoms with van der Waals surface area (Å²) in [5, 5.41) is 1.81. The van der Waals surface area contributed by atoms with Crippen LogP contribution < -0.4 is 5.56 Å². The molecular weight excluding hydrogens is 374 g/mol. The zero-order valence-corrected chi connectivity index (χ0v) is 15.1. The minimum atomic E-state index is -0.765. The van der Waals surface area contributed by atoms with Gasteiger partial charge in [0.2, 0.25) is 0 Å². The average Bonchev–Trinajstić information content (AvgIpc) is 3.10. The summed E-state index contributed by atoms with van der Waals surface area (Å²) in [6.07, 6.45) is 1.69. The number of piperazine rings is 1. The van der Waals surface area contributed by atoms with Gasteiger partial charge in [0, 0.05) is 62.0 Å². The Kier molecular flexibility index (Phi) is 4.71. The molecule has 1 fully saturated rings. The summed E-state index contributed by atoms with van der Waals surface area (Å²) in [6, 6.07) is 4.36. The van der Waals surface area contributed by atoms with E-state index in [1.807, 2.05) is 5.38 Å². The van der Waals surface area contributed by atoms with E-state index in [1.165, 1.54) is 21.8 Å². The van der Waals surface area contributed by atoms with Crippen LogP contribution in [-0.4, -0.2) is 51.3 Å². The lowest BCUT2D eigenvalue weighted by atomic mass is 10.1. The summed E-state index contributed by atoms with van der Waals surface area (Å²) in [5.74, 6) is -1.92. The van der Waals surface area contributed by atoms with E-state index in [9.17, 15) is 18.4 Å². The lowest BCUT2D eigenvalue weighted by molar-refractivity contribution is 0.0626. The Morgan fingerprint density at radius 3 is 2.48 bits per heavy atom. The van der Waals surface area contributed by atoms with Crippen LogP contribution >= 0.6 is 11.3 Å². The molecule has 0 radical (unpaired) electrons. The number of carbonyl (C=O) groups excluding carboxylic acids is 1. The van der Waals surface area contributed by atoms with Crippen molar-refractivity contribution in [3.8, 4) is 0 Å². The number of rotatable bonds is 3. The quantitative estimate of drug-likeness (QED) is 0.686. The molecule has 0 atom stereocenters. The molecule has 3 aromatic rings. The first-order valence-corrected chi connectivity index (χ1v) is 9.31. The number of amides is 1. The van der Waals surface area contributed by atoms with Crippen molar-refractivity contribution in [3.05, 3.63) is 69.1 Å². The molecule has 9 heteroatoms. The maximum atomic E-state index is 13.3. The third-order valence-corrected chi connectivity index (χ3v) is 5.27. The predicted octanol–water partition coefficient (Wildman–Crippen LogP) is 1.99. The summed E-state index contributed by atoms with van der Waals surface area (Å²) < 4.78 is 28.2. The van der Waals surface area contributed by atoms with Crippen LogP contribution in [0.3, 0.4) is 0 Å². The molecule has 0 N–H and O–H groups in total. The maximum Gasteiger partial charge on any atom is 0.258 e. The fourth-order valence-electron chi connectivity index (χ4n) is 3.17. The van der Waals surface area contributed by atoms with Gasteiger partial charge in [0.1, 0.15) is 11.6 Å². The molecule has 27 heavy (non-hydrogen) atoms. The molecule has 0 saturated carbocycles. The van der Waals surface area contributed by atoms with E-state index in [4.69, 9.17) is 0 Å². The molecule has 0 spiro atoms. The lowest BCUT2D eigenvalue weighted by Gasteiger charge is -2.34. The van der Waals surface area contributed by atoms with E-state index in [0.717, 1.165) is 18.2 Å². The highest BCUT2D eigenvalue weighted by Gasteiger charge is 2.23. The lowest BCUT2D eigenvalue weighted by Crippen LogP contribution is -2.48. The van der Waals surface area contributed by atoms with Gasteiger partial charge in [0.05, 0.1) is 5.69 Å². The van der Waals surface area contributed by atoms with E-state index >= 15 is 0 Å². The second-order valence-electron chi connectivity index (χ2n) is 6.37. The molecule has 3 heterocycles. The first-order valence-electron chi connectivity index (χ1n) is 8.43. The van der Waals surface area contributed by atoms with Gasteiger partial charge in [-0.2, -0.15) is 0 Å². The van der Waals surface area contributed by atoms with Crippen LogP contribution in [0.2, 0.25) is 0 Å². The van der Waals surface area contributed by atoms with E-state index < -0.39 is 11.6 Å². The van der Waals surface area contributed by atoms with Crippen molar-refractivity contribution in [1.82, 2.24) is 19.2 Å². The van der Waals surface area contributed by atoms with Gasteiger partial charge in [-0.25, -0.2) is 13.8 Å². The fraction of sp³-hybridized carbons (Fsp3) is 0.278. The maximum absolute atomic E-state index is 13.3. The van der Waals surface area contributed by atoms with Gasteiger partial charge in [-0.15, -0.1) is 11.3 Å². The van der Waals surface area contributed by atoms with Gasteiger partial charge >= 0.3 is 0 Å². The highest BCUT2D eigenvalue weighted by atomic mass is 32.1. The van der Waals surface area contributed by atoms with E-state index in [0.29, 0.717) is 43.4 Å². The number of hydrogen-bond donors (Lipinski definition) is 0.